The maximum Gasteiger partial charge on any atom is 0.573 e. The Morgan fingerprint density at radius 3 is 1.46 bits per heavy atom. The third-order valence-electron chi connectivity index (χ3n) is 4.64. The van der Waals surface area contributed by atoms with Gasteiger partial charge in [0, 0.05) is 12.1 Å². The minimum atomic E-state index is -4.99. The van der Waals surface area contributed by atoms with Crippen LogP contribution in [-0.2, 0) is 6.11 Å². The molecule has 0 saturated heterocycles. The number of hydrogen-bond acceptors (Lipinski definition) is 5. The lowest BCUT2D eigenvalue weighted by atomic mass is 10.00. The lowest BCUT2D eigenvalue weighted by molar-refractivity contribution is -0.274. The van der Waals surface area contributed by atoms with Crippen LogP contribution in [-0.4, -0.2) is 27.7 Å². The summed E-state index contributed by atoms with van der Waals surface area (Å²) in [6.07, 6.45) is -9.51. The molecule has 3 rings (SSSR count). The standard InChI is InChI=1S/C23H17F7O5/c1-31-15-10-18(32-2)20(19(11-15)33-3)12-8-16(24)21(17(25)9-12)22(26,27)34-13-4-6-14(7-5-13)35-23(28,29)30/h4-11H,1-3H3. The van der Waals surface area contributed by atoms with Crippen molar-refractivity contribution in [2.75, 3.05) is 21.3 Å². The van der Waals surface area contributed by atoms with Crippen LogP contribution in [0.3, 0.4) is 0 Å². The molecule has 0 aromatic heterocycles. The van der Waals surface area contributed by atoms with E-state index < -0.39 is 41.2 Å². The molecule has 3 aromatic rings. The first-order valence-corrected chi connectivity index (χ1v) is 9.61. The number of methoxy groups -OCH3 is 3. The third kappa shape index (κ3) is 5.81. The van der Waals surface area contributed by atoms with Gasteiger partial charge in [0.2, 0.25) is 0 Å². The van der Waals surface area contributed by atoms with E-state index in [-0.39, 0.29) is 22.6 Å². The summed E-state index contributed by atoms with van der Waals surface area (Å²) in [5.41, 5.74) is -1.81. The Hall–Kier alpha value is -3.83. The van der Waals surface area contributed by atoms with Gasteiger partial charge in [0.1, 0.15) is 45.9 Å². The van der Waals surface area contributed by atoms with Gasteiger partial charge in [-0.25, -0.2) is 8.78 Å². The Morgan fingerprint density at radius 1 is 0.600 bits per heavy atom. The lowest BCUT2D eigenvalue weighted by Gasteiger charge is -2.21. The number of benzene rings is 3. The van der Waals surface area contributed by atoms with Gasteiger partial charge >= 0.3 is 12.5 Å². The Balaban J connectivity index is 1.97. The van der Waals surface area contributed by atoms with Crippen molar-refractivity contribution in [3.05, 3.63) is 65.7 Å². The summed E-state index contributed by atoms with van der Waals surface area (Å²) in [6, 6.07) is 6.97. The van der Waals surface area contributed by atoms with E-state index >= 15 is 0 Å². The molecular weight excluding hydrogens is 489 g/mol. The van der Waals surface area contributed by atoms with Crippen LogP contribution >= 0.6 is 0 Å². The van der Waals surface area contributed by atoms with Crippen molar-refractivity contribution in [2.45, 2.75) is 12.5 Å². The first kappa shape index (κ1) is 25.8. The second-order valence-corrected chi connectivity index (χ2v) is 6.86. The van der Waals surface area contributed by atoms with Gasteiger partial charge in [-0.3, -0.25) is 0 Å². The largest absolute Gasteiger partial charge is 0.573 e. The number of ether oxygens (including phenoxy) is 5. The molecule has 0 N–H and O–H groups in total. The smallest absolute Gasteiger partial charge is 0.496 e. The molecule has 12 heteroatoms. The van der Waals surface area contributed by atoms with E-state index in [0.29, 0.717) is 30.0 Å². The van der Waals surface area contributed by atoms with Gasteiger partial charge < -0.3 is 23.7 Å². The van der Waals surface area contributed by atoms with Gasteiger partial charge in [0.05, 0.1) is 26.9 Å². The van der Waals surface area contributed by atoms with E-state index in [1.807, 2.05) is 0 Å². The van der Waals surface area contributed by atoms with Crippen molar-refractivity contribution in [2.24, 2.45) is 0 Å². The molecule has 5 nitrogen and oxygen atoms in total. The summed E-state index contributed by atoms with van der Waals surface area (Å²) < 4.78 is 119. The Bertz CT molecular complexity index is 1150. The average molecular weight is 506 g/mol. The fraction of sp³-hybridized carbons (Fsp3) is 0.217. The highest BCUT2D eigenvalue weighted by Crippen LogP contribution is 2.44. The van der Waals surface area contributed by atoms with Crippen molar-refractivity contribution >= 4 is 0 Å². The van der Waals surface area contributed by atoms with Crippen LogP contribution in [0.5, 0.6) is 28.7 Å². The maximum atomic E-state index is 14.8. The van der Waals surface area contributed by atoms with Crippen LogP contribution < -0.4 is 23.7 Å². The molecule has 188 valence electrons. The fourth-order valence-electron chi connectivity index (χ4n) is 3.19. The van der Waals surface area contributed by atoms with E-state index in [9.17, 15) is 30.7 Å². The summed E-state index contributed by atoms with van der Waals surface area (Å²) in [7, 11) is 3.94. The first-order chi connectivity index (χ1) is 16.4. The highest BCUT2D eigenvalue weighted by molar-refractivity contribution is 5.78. The minimum absolute atomic E-state index is 0.0737. The van der Waals surface area contributed by atoms with Crippen molar-refractivity contribution < 1.29 is 54.4 Å². The molecule has 0 aliphatic carbocycles. The quantitative estimate of drug-likeness (QED) is 0.319. The summed E-state index contributed by atoms with van der Waals surface area (Å²) in [6.45, 7) is 0. The van der Waals surface area contributed by atoms with Gasteiger partial charge in [-0.1, -0.05) is 0 Å². The molecule has 0 fully saturated rings. The van der Waals surface area contributed by atoms with Gasteiger partial charge in [-0.05, 0) is 42.0 Å². The van der Waals surface area contributed by atoms with Crippen molar-refractivity contribution in [1.82, 2.24) is 0 Å². The zero-order chi connectivity index (χ0) is 26.0. The van der Waals surface area contributed by atoms with Crippen molar-refractivity contribution in [3.63, 3.8) is 0 Å². The fourth-order valence-corrected chi connectivity index (χ4v) is 3.19. The third-order valence-corrected chi connectivity index (χ3v) is 4.64. The normalized spacial score (nSPS) is 11.7. The maximum absolute atomic E-state index is 14.8. The molecule has 0 bridgehead atoms. The number of halogens is 7. The van der Waals surface area contributed by atoms with Gasteiger partial charge in [-0.2, -0.15) is 8.78 Å². The summed E-state index contributed by atoms with van der Waals surface area (Å²) >= 11 is 0. The molecule has 0 heterocycles. The minimum Gasteiger partial charge on any atom is -0.496 e. The Labute approximate surface area is 194 Å². The van der Waals surface area contributed by atoms with Crippen molar-refractivity contribution in [1.29, 1.82) is 0 Å². The molecule has 0 spiro atoms. The Kier molecular flexibility index (Phi) is 7.22. The van der Waals surface area contributed by atoms with E-state index in [2.05, 4.69) is 9.47 Å². The second kappa shape index (κ2) is 9.80. The molecule has 0 aliphatic rings. The molecule has 3 aromatic carbocycles. The van der Waals surface area contributed by atoms with Crippen molar-refractivity contribution in [3.8, 4) is 39.9 Å². The number of alkyl halides is 5. The monoisotopic (exact) mass is 506 g/mol. The van der Waals surface area contributed by atoms with Crippen LogP contribution in [0.25, 0.3) is 11.1 Å². The SMILES string of the molecule is COc1cc(OC)c(-c2cc(F)c(C(F)(F)Oc3ccc(OC(F)(F)F)cc3)c(F)c2)c(OC)c1. The summed E-state index contributed by atoms with van der Waals surface area (Å²) in [5.74, 6) is -4.16. The molecular formula is C23H17F7O5. The highest BCUT2D eigenvalue weighted by atomic mass is 19.4. The topological polar surface area (TPSA) is 46.2 Å². The van der Waals surface area contributed by atoms with Crippen LogP contribution in [0.2, 0.25) is 0 Å². The zero-order valence-corrected chi connectivity index (χ0v) is 18.3. The predicted octanol–water partition coefficient (Wildman–Crippen LogP) is 6.68. The molecule has 0 atom stereocenters. The van der Waals surface area contributed by atoms with E-state index in [1.54, 1.807) is 0 Å². The van der Waals surface area contributed by atoms with E-state index in [1.165, 1.54) is 33.5 Å². The summed E-state index contributed by atoms with van der Waals surface area (Å²) in [4.78, 5) is 0. The van der Waals surface area contributed by atoms with Crippen LogP contribution in [0, 0.1) is 11.6 Å². The summed E-state index contributed by atoms with van der Waals surface area (Å²) in [5, 5.41) is 0. The predicted molar refractivity (Wildman–Crippen MR) is 109 cm³/mol. The molecule has 0 unspecified atom stereocenters. The highest BCUT2D eigenvalue weighted by Gasteiger charge is 2.41. The first-order valence-electron chi connectivity index (χ1n) is 9.61. The van der Waals surface area contributed by atoms with E-state index in [0.717, 1.165) is 12.1 Å². The number of rotatable bonds is 8. The molecule has 0 radical (unpaired) electrons. The number of hydrogen-bond donors (Lipinski definition) is 0. The van der Waals surface area contributed by atoms with Gasteiger partial charge in [-0.15, -0.1) is 13.2 Å². The van der Waals surface area contributed by atoms with Crippen LogP contribution in [0.4, 0.5) is 30.7 Å². The van der Waals surface area contributed by atoms with Crippen LogP contribution in [0.15, 0.2) is 48.5 Å². The molecule has 35 heavy (non-hydrogen) atoms. The van der Waals surface area contributed by atoms with E-state index in [4.69, 9.17) is 14.2 Å². The van der Waals surface area contributed by atoms with Crippen LogP contribution in [0.1, 0.15) is 5.56 Å². The molecule has 0 aliphatic heterocycles. The average Bonchev–Trinajstić information content (AvgIpc) is 2.77. The van der Waals surface area contributed by atoms with Gasteiger partial charge in [0.15, 0.2) is 0 Å². The lowest BCUT2D eigenvalue weighted by Crippen LogP contribution is -2.25. The zero-order valence-electron chi connectivity index (χ0n) is 18.3. The molecule has 0 amide bonds. The Morgan fingerprint density at radius 2 is 1.06 bits per heavy atom. The van der Waals surface area contributed by atoms with Gasteiger partial charge in [0.25, 0.3) is 0 Å². The second-order valence-electron chi connectivity index (χ2n) is 6.86. The molecule has 0 saturated carbocycles.